The highest BCUT2D eigenvalue weighted by molar-refractivity contribution is 5.66. The van der Waals surface area contributed by atoms with Gasteiger partial charge in [-0.15, -0.1) is 0 Å². The molecule has 0 aromatic carbocycles. The van der Waals surface area contributed by atoms with E-state index in [4.69, 9.17) is 9.47 Å². The van der Waals surface area contributed by atoms with Gasteiger partial charge >= 0.3 is 12.2 Å². The van der Waals surface area contributed by atoms with Gasteiger partial charge in [-0.2, -0.15) is 11.0 Å². The Morgan fingerprint density at radius 1 is 0.636 bits per heavy atom. The molecule has 0 saturated heterocycles. The second-order valence-corrected chi connectivity index (χ2v) is 5.70. The topological polar surface area (TPSA) is 95.1 Å². The monoisotopic (exact) mass is 316 g/mol. The molecule has 0 aliphatic heterocycles. The molecule has 8 nitrogen and oxygen atoms in total. The number of nitrogens with one attached hydrogen (secondary N) is 2. The second-order valence-electron chi connectivity index (χ2n) is 5.70. The molecule has 2 rings (SSSR count). The summed E-state index contributed by atoms with van der Waals surface area (Å²) in [5, 5.41) is 0. The van der Waals surface area contributed by atoms with E-state index < -0.39 is 12.2 Å². The van der Waals surface area contributed by atoms with E-state index in [1.165, 1.54) is 12.8 Å². The molecule has 2 amide bonds. The highest BCUT2D eigenvalue weighted by atomic mass is 17.3. The summed E-state index contributed by atoms with van der Waals surface area (Å²) in [6, 6.07) is 0. The molecule has 8 heteroatoms. The molecule has 0 radical (unpaired) electrons. The highest BCUT2D eigenvalue weighted by Gasteiger charge is 2.19. The average Bonchev–Trinajstić information content (AvgIpc) is 2.53. The van der Waals surface area contributed by atoms with Gasteiger partial charge in [0.25, 0.3) is 0 Å². The molecule has 0 heterocycles. The van der Waals surface area contributed by atoms with Crippen molar-refractivity contribution < 1.29 is 29.0 Å². The smallest absolute Gasteiger partial charge is 0.434 e. The largest absolute Gasteiger partial charge is 0.445 e. The van der Waals surface area contributed by atoms with Crippen LogP contribution in [-0.2, 0) is 19.5 Å². The summed E-state index contributed by atoms with van der Waals surface area (Å²) < 4.78 is 10.2. The standard InChI is InChI=1S/C14H24N2O6/c17-13(19-11-7-3-1-4-8-11)15-21-22-16-14(18)20-12-9-5-2-6-10-12/h11-12H,1-10H2,(H,15,17)(H,16,18). The number of rotatable bonds is 5. The Balaban J connectivity index is 1.48. The summed E-state index contributed by atoms with van der Waals surface area (Å²) in [4.78, 5) is 31.5. The van der Waals surface area contributed by atoms with Crippen LogP contribution in [0, 0.1) is 0 Å². The average molecular weight is 316 g/mol. The van der Waals surface area contributed by atoms with Gasteiger partial charge in [0, 0.05) is 0 Å². The maximum atomic E-state index is 11.4. The molecule has 0 aromatic heterocycles. The van der Waals surface area contributed by atoms with Crippen LogP contribution in [0.1, 0.15) is 64.2 Å². The van der Waals surface area contributed by atoms with Crippen molar-refractivity contribution in [3.63, 3.8) is 0 Å². The molecule has 2 N–H and O–H groups in total. The van der Waals surface area contributed by atoms with Gasteiger partial charge in [-0.1, -0.05) is 22.8 Å². The fourth-order valence-electron chi connectivity index (χ4n) is 2.83. The first-order chi connectivity index (χ1) is 10.7. The lowest BCUT2D eigenvalue weighted by Crippen LogP contribution is -2.35. The Morgan fingerprint density at radius 2 is 1.00 bits per heavy atom. The zero-order valence-electron chi connectivity index (χ0n) is 12.7. The van der Waals surface area contributed by atoms with Crippen LogP contribution in [0.4, 0.5) is 9.59 Å². The van der Waals surface area contributed by atoms with Crippen LogP contribution in [0.5, 0.6) is 0 Å². The zero-order valence-corrected chi connectivity index (χ0v) is 12.7. The molecule has 2 aliphatic rings. The molecule has 126 valence electrons. The Bertz CT molecular complexity index is 319. The maximum absolute atomic E-state index is 11.4. The fraction of sp³-hybridized carbons (Fsp3) is 0.857. The third-order valence-corrected chi connectivity index (χ3v) is 3.94. The number of hydrogen-bond donors (Lipinski definition) is 2. The predicted molar refractivity (Wildman–Crippen MR) is 75.1 cm³/mol. The normalized spacial score (nSPS) is 20.2. The molecule has 0 spiro atoms. The summed E-state index contributed by atoms with van der Waals surface area (Å²) in [5.41, 5.74) is 3.87. The Kier molecular flexibility index (Phi) is 7.24. The van der Waals surface area contributed by atoms with Crippen molar-refractivity contribution >= 4 is 12.2 Å². The maximum Gasteiger partial charge on any atom is 0.434 e. The minimum absolute atomic E-state index is 0.0819. The third-order valence-electron chi connectivity index (χ3n) is 3.94. The van der Waals surface area contributed by atoms with E-state index in [0.29, 0.717) is 0 Å². The van der Waals surface area contributed by atoms with Crippen molar-refractivity contribution in [3.05, 3.63) is 0 Å². The Morgan fingerprint density at radius 3 is 1.36 bits per heavy atom. The number of hydroxylamine groups is 2. The van der Waals surface area contributed by atoms with E-state index in [1.807, 2.05) is 11.0 Å². The van der Waals surface area contributed by atoms with E-state index in [-0.39, 0.29) is 12.2 Å². The fourth-order valence-corrected chi connectivity index (χ4v) is 2.83. The van der Waals surface area contributed by atoms with E-state index in [2.05, 4.69) is 9.98 Å². The first-order valence-corrected chi connectivity index (χ1v) is 8.00. The van der Waals surface area contributed by atoms with Gasteiger partial charge in [-0.3, -0.25) is 0 Å². The van der Waals surface area contributed by atoms with Crippen molar-refractivity contribution in [2.75, 3.05) is 0 Å². The lowest BCUT2D eigenvalue weighted by Gasteiger charge is -2.22. The first-order valence-electron chi connectivity index (χ1n) is 8.00. The van der Waals surface area contributed by atoms with Gasteiger partial charge in [0.15, 0.2) is 0 Å². The van der Waals surface area contributed by atoms with Crippen molar-refractivity contribution in [2.45, 2.75) is 76.4 Å². The van der Waals surface area contributed by atoms with E-state index in [1.54, 1.807) is 0 Å². The van der Waals surface area contributed by atoms with Crippen LogP contribution >= 0.6 is 0 Å². The summed E-state index contributed by atoms with van der Waals surface area (Å²) >= 11 is 0. The lowest BCUT2D eigenvalue weighted by molar-refractivity contribution is -0.357. The second kappa shape index (κ2) is 9.47. The van der Waals surface area contributed by atoms with E-state index in [9.17, 15) is 9.59 Å². The third kappa shape index (κ3) is 6.48. The summed E-state index contributed by atoms with van der Waals surface area (Å²) in [7, 11) is 0. The van der Waals surface area contributed by atoms with Gasteiger partial charge < -0.3 is 9.47 Å². The Hall–Kier alpha value is -1.54. The molecule has 2 fully saturated rings. The van der Waals surface area contributed by atoms with Crippen LogP contribution in [0.3, 0.4) is 0 Å². The molecule has 22 heavy (non-hydrogen) atoms. The van der Waals surface area contributed by atoms with Crippen LogP contribution in [0.2, 0.25) is 0 Å². The van der Waals surface area contributed by atoms with Gasteiger partial charge in [-0.25, -0.2) is 9.59 Å². The van der Waals surface area contributed by atoms with Gasteiger partial charge in [0.2, 0.25) is 0 Å². The molecular weight excluding hydrogens is 292 g/mol. The number of ether oxygens (including phenoxy) is 2. The number of carbonyl (C=O) groups excluding carboxylic acids is 2. The molecule has 2 aliphatic carbocycles. The Labute approximate surface area is 129 Å². The van der Waals surface area contributed by atoms with Gasteiger partial charge in [-0.05, 0) is 51.4 Å². The van der Waals surface area contributed by atoms with Crippen molar-refractivity contribution in [1.29, 1.82) is 0 Å². The molecular formula is C14H24N2O6. The number of hydrogen-bond acceptors (Lipinski definition) is 6. The summed E-state index contributed by atoms with van der Waals surface area (Å²) in [5.74, 6) is 0. The van der Waals surface area contributed by atoms with Crippen LogP contribution in [-0.4, -0.2) is 24.4 Å². The molecule has 2 saturated carbocycles. The first kappa shape index (κ1) is 16.8. The number of carbonyl (C=O) groups is 2. The highest BCUT2D eigenvalue weighted by Crippen LogP contribution is 2.21. The molecule has 0 bridgehead atoms. The van der Waals surface area contributed by atoms with Crippen molar-refractivity contribution in [2.24, 2.45) is 0 Å². The zero-order chi connectivity index (χ0) is 15.6. The van der Waals surface area contributed by atoms with Gasteiger partial charge in [0.1, 0.15) is 12.2 Å². The molecule has 0 unspecified atom stereocenters. The van der Waals surface area contributed by atoms with Crippen LogP contribution in [0.25, 0.3) is 0 Å². The predicted octanol–water partition coefficient (Wildman–Crippen LogP) is 2.88. The van der Waals surface area contributed by atoms with E-state index in [0.717, 1.165) is 51.4 Å². The van der Waals surface area contributed by atoms with Crippen molar-refractivity contribution in [3.8, 4) is 0 Å². The van der Waals surface area contributed by atoms with Crippen LogP contribution in [0.15, 0.2) is 0 Å². The van der Waals surface area contributed by atoms with E-state index >= 15 is 0 Å². The summed E-state index contributed by atoms with van der Waals surface area (Å²) in [6.07, 6.45) is 8.39. The minimum Gasteiger partial charge on any atom is -0.445 e. The van der Waals surface area contributed by atoms with Gasteiger partial charge in [0.05, 0.1) is 0 Å². The molecule has 0 atom stereocenters. The quantitative estimate of drug-likeness (QED) is 0.460. The van der Waals surface area contributed by atoms with Crippen molar-refractivity contribution in [1.82, 2.24) is 11.0 Å². The number of amides is 2. The summed E-state index contributed by atoms with van der Waals surface area (Å²) in [6.45, 7) is 0. The minimum atomic E-state index is -0.741. The molecule has 0 aromatic rings. The lowest BCUT2D eigenvalue weighted by atomic mass is 9.98. The van der Waals surface area contributed by atoms with Crippen LogP contribution < -0.4 is 11.0 Å². The SMILES string of the molecule is O=C(NOONC(=O)OC1CCCCC1)OC1CCCCC1.